The predicted octanol–water partition coefficient (Wildman–Crippen LogP) is 3.74. The second-order valence-electron chi connectivity index (χ2n) is 8.29. The minimum absolute atomic E-state index is 0.442. The maximum absolute atomic E-state index is 5.72. The van der Waals surface area contributed by atoms with E-state index in [2.05, 4.69) is 45.2 Å². The van der Waals surface area contributed by atoms with Crippen molar-refractivity contribution in [3.05, 3.63) is 72.2 Å². The van der Waals surface area contributed by atoms with E-state index in [0.717, 1.165) is 53.6 Å². The lowest BCUT2D eigenvalue weighted by molar-refractivity contribution is 0.0273. The Kier molecular flexibility index (Phi) is 4.14. The molecule has 4 aromatic rings. The largest absolute Gasteiger partial charge is 0.375 e. The molecule has 0 radical (unpaired) electrons. The van der Waals surface area contributed by atoms with Gasteiger partial charge in [0, 0.05) is 42.1 Å². The molecule has 0 saturated carbocycles. The molecule has 0 amide bonds. The molecular weight excluding hydrogens is 374 g/mol. The van der Waals surface area contributed by atoms with Crippen LogP contribution in [0.5, 0.6) is 0 Å². The summed E-state index contributed by atoms with van der Waals surface area (Å²) >= 11 is 0. The SMILES string of the molecule is Cc1cc(-c2ccc3ncc(-c4ccc(CN5C[C@@H]6C[C@@H]5CO6)cc4)n3n2)ccn1. The van der Waals surface area contributed by atoms with E-state index in [1.54, 1.807) is 0 Å². The zero-order valence-electron chi connectivity index (χ0n) is 16.9. The molecule has 6 heteroatoms. The molecule has 5 heterocycles. The van der Waals surface area contributed by atoms with E-state index < -0.39 is 0 Å². The van der Waals surface area contributed by atoms with Crippen LogP contribution in [-0.4, -0.2) is 49.8 Å². The summed E-state index contributed by atoms with van der Waals surface area (Å²) in [4.78, 5) is 11.4. The lowest BCUT2D eigenvalue weighted by Gasteiger charge is -2.26. The van der Waals surface area contributed by atoms with E-state index in [-0.39, 0.29) is 0 Å². The molecule has 2 aliphatic rings. The van der Waals surface area contributed by atoms with Crippen molar-refractivity contribution in [2.45, 2.75) is 32.0 Å². The van der Waals surface area contributed by atoms with Gasteiger partial charge in [-0.05, 0) is 43.2 Å². The number of benzene rings is 1. The van der Waals surface area contributed by atoms with Crippen LogP contribution in [0.4, 0.5) is 0 Å². The van der Waals surface area contributed by atoms with Crippen molar-refractivity contribution in [3.8, 4) is 22.5 Å². The van der Waals surface area contributed by atoms with E-state index in [1.807, 2.05) is 42.0 Å². The maximum Gasteiger partial charge on any atom is 0.154 e. The topological polar surface area (TPSA) is 55.6 Å². The number of ether oxygens (including phenoxy) is 1. The van der Waals surface area contributed by atoms with E-state index in [1.165, 1.54) is 12.0 Å². The summed E-state index contributed by atoms with van der Waals surface area (Å²) in [5.41, 5.74) is 7.25. The highest BCUT2D eigenvalue weighted by Gasteiger charge is 2.38. The van der Waals surface area contributed by atoms with Gasteiger partial charge in [0.25, 0.3) is 0 Å². The zero-order chi connectivity index (χ0) is 20.1. The number of likely N-dealkylation sites (tertiary alicyclic amines) is 1. The van der Waals surface area contributed by atoms with Crippen molar-refractivity contribution in [2.75, 3.05) is 13.2 Å². The van der Waals surface area contributed by atoms with Crippen molar-refractivity contribution < 1.29 is 4.74 Å². The van der Waals surface area contributed by atoms with Crippen LogP contribution in [-0.2, 0) is 11.3 Å². The summed E-state index contributed by atoms with van der Waals surface area (Å²) in [6.45, 7) is 4.92. The Bertz CT molecular complexity index is 1220. The molecule has 2 saturated heterocycles. The smallest absolute Gasteiger partial charge is 0.154 e. The van der Waals surface area contributed by atoms with Crippen LogP contribution < -0.4 is 0 Å². The van der Waals surface area contributed by atoms with Gasteiger partial charge >= 0.3 is 0 Å². The number of nitrogens with zero attached hydrogens (tertiary/aromatic N) is 5. The van der Waals surface area contributed by atoms with Crippen LogP contribution in [0.25, 0.3) is 28.2 Å². The highest BCUT2D eigenvalue weighted by molar-refractivity contribution is 5.66. The molecule has 0 aliphatic carbocycles. The number of hydrogen-bond donors (Lipinski definition) is 0. The number of fused-ring (bicyclic) bond motifs is 3. The summed E-state index contributed by atoms with van der Waals surface area (Å²) in [5.74, 6) is 0. The van der Waals surface area contributed by atoms with E-state index in [4.69, 9.17) is 9.84 Å². The van der Waals surface area contributed by atoms with Crippen LogP contribution in [0, 0.1) is 6.92 Å². The molecule has 30 heavy (non-hydrogen) atoms. The molecule has 6 rings (SSSR count). The molecule has 0 unspecified atom stereocenters. The summed E-state index contributed by atoms with van der Waals surface area (Å²) in [5, 5.41) is 4.86. The first-order chi connectivity index (χ1) is 14.7. The van der Waals surface area contributed by atoms with Crippen molar-refractivity contribution in [1.29, 1.82) is 0 Å². The molecule has 6 nitrogen and oxygen atoms in total. The van der Waals surface area contributed by atoms with Gasteiger partial charge in [-0.2, -0.15) is 5.10 Å². The van der Waals surface area contributed by atoms with Crippen molar-refractivity contribution >= 4 is 5.65 Å². The monoisotopic (exact) mass is 397 g/mol. The second-order valence-corrected chi connectivity index (χ2v) is 8.29. The lowest BCUT2D eigenvalue weighted by atomic mass is 10.1. The molecule has 150 valence electrons. The molecular formula is C24H23N5O. The minimum Gasteiger partial charge on any atom is -0.375 e. The van der Waals surface area contributed by atoms with E-state index in [9.17, 15) is 0 Å². The van der Waals surface area contributed by atoms with Gasteiger partial charge in [-0.25, -0.2) is 9.50 Å². The Morgan fingerprint density at radius 1 is 1.03 bits per heavy atom. The number of aromatic nitrogens is 4. The van der Waals surface area contributed by atoms with Crippen molar-refractivity contribution in [2.24, 2.45) is 0 Å². The van der Waals surface area contributed by atoms with Crippen LogP contribution in [0.1, 0.15) is 17.7 Å². The van der Waals surface area contributed by atoms with Gasteiger partial charge in [-0.15, -0.1) is 0 Å². The molecule has 0 spiro atoms. The Morgan fingerprint density at radius 2 is 1.93 bits per heavy atom. The number of morpholine rings is 1. The standard InChI is InChI=1S/C24H23N5O/c1-16-10-19(8-9-25-16)22-6-7-24-26-12-23(29(24)27-22)18-4-2-17(3-5-18)13-28-14-21-11-20(28)15-30-21/h2-10,12,20-21H,11,13-15H2,1H3/t20-,21+/m1/s1. The van der Waals surface area contributed by atoms with Crippen LogP contribution in [0.15, 0.2) is 60.9 Å². The van der Waals surface area contributed by atoms with Gasteiger partial charge < -0.3 is 4.74 Å². The fraction of sp³-hybridized carbons (Fsp3) is 0.292. The van der Waals surface area contributed by atoms with Crippen LogP contribution in [0.3, 0.4) is 0 Å². The van der Waals surface area contributed by atoms with Gasteiger partial charge in [0.2, 0.25) is 0 Å². The van der Waals surface area contributed by atoms with E-state index in [0.29, 0.717) is 12.1 Å². The van der Waals surface area contributed by atoms with Crippen LogP contribution >= 0.6 is 0 Å². The third-order valence-electron chi connectivity index (χ3n) is 6.20. The Labute approximate surface area is 175 Å². The number of rotatable bonds is 4. The highest BCUT2D eigenvalue weighted by Crippen LogP contribution is 2.30. The van der Waals surface area contributed by atoms with Gasteiger partial charge in [-0.3, -0.25) is 9.88 Å². The number of imidazole rings is 1. The number of hydrogen-bond acceptors (Lipinski definition) is 5. The summed E-state index contributed by atoms with van der Waals surface area (Å²) in [6.07, 6.45) is 5.35. The van der Waals surface area contributed by atoms with Gasteiger partial charge in [0.1, 0.15) is 0 Å². The minimum atomic E-state index is 0.442. The highest BCUT2D eigenvalue weighted by atomic mass is 16.5. The molecule has 2 atom stereocenters. The molecule has 0 N–H and O–H groups in total. The van der Waals surface area contributed by atoms with Gasteiger partial charge in [0.05, 0.1) is 30.3 Å². The quantitative estimate of drug-likeness (QED) is 0.525. The Hall–Kier alpha value is -3.09. The molecule has 2 aliphatic heterocycles. The normalized spacial score (nSPS) is 21.0. The number of aryl methyl sites for hydroxylation is 1. The molecule has 2 bridgehead atoms. The maximum atomic E-state index is 5.72. The Morgan fingerprint density at radius 3 is 2.70 bits per heavy atom. The predicted molar refractivity (Wildman–Crippen MR) is 115 cm³/mol. The first kappa shape index (κ1) is 17.7. The molecule has 3 aromatic heterocycles. The summed E-state index contributed by atoms with van der Waals surface area (Å²) < 4.78 is 7.64. The second kappa shape index (κ2) is 7.00. The first-order valence-electron chi connectivity index (χ1n) is 10.5. The van der Waals surface area contributed by atoms with Crippen molar-refractivity contribution in [1.82, 2.24) is 24.5 Å². The first-order valence-corrected chi connectivity index (χ1v) is 10.5. The Balaban J connectivity index is 1.29. The van der Waals surface area contributed by atoms with Crippen molar-refractivity contribution in [3.63, 3.8) is 0 Å². The van der Waals surface area contributed by atoms with E-state index >= 15 is 0 Å². The summed E-state index contributed by atoms with van der Waals surface area (Å²) in [6, 6.07) is 17.4. The lowest BCUT2D eigenvalue weighted by Crippen LogP contribution is -2.36. The average molecular weight is 397 g/mol. The fourth-order valence-corrected chi connectivity index (χ4v) is 4.62. The van der Waals surface area contributed by atoms with Gasteiger partial charge in [-0.1, -0.05) is 24.3 Å². The molecule has 1 aromatic carbocycles. The van der Waals surface area contributed by atoms with Gasteiger partial charge in [0.15, 0.2) is 5.65 Å². The van der Waals surface area contributed by atoms with Crippen LogP contribution in [0.2, 0.25) is 0 Å². The zero-order valence-corrected chi connectivity index (χ0v) is 16.9. The summed E-state index contributed by atoms with van der Waals surface area (Å²) in [7, 11) is 0. The molecule has 2 fully saturated rings. The third kappa shape index (κ3) is 3.09. The average Bonchev–Trinajstić information content (AvgIpc) is 3.49. The third-order valence-corrected chi connectivity index (χ3v) is 6.20. The number of pyridine rings is 1. The fourth-order valence-electron chi connectivity index (χ4n) is 4.62.